The average Bonchev–Trinajstić information content (AvgIpc) is 2.26. The Balaban J connectivity index is 4.40. The first kappa shape index (κ1) is 17.2. The summed E-state index contributed by atoms with van der Waals surface area (Å²) in [5.41, 5.74) is 0. The predicted molar refractivity (Wildman–Crippen MR) is 64.6 cm³/mol. The summed E-state index contributed by atoms with van der Waals surface area (Å²) >= 11 is 0. The Morgan fingerprint density at radius 3 is 1.95 bits per heavy atom. The molecule has 0 saturated heterocycles. The Hall–Kier alpha value is -1.84. The summed E-state index contributed by atoms with van der Waals surface area (Å²) in [6, 6.07) is -0.934. The number of carboxylic acids is 2. The van der Waals surface area contributed by atoms with E-state index in [0.29, 0.717) is 4.90 Å². The normalized spacial score (nSPS) is 10.8. The lowest BCUT2D eigenvalue weighted by molar-refractivity contribution is -0.140. The topological polar surface area (TPSA) is 141 Å². The van der Waals surface area contributed by atoms with Gasteiger partial charge in [-0.25, -0.2) is 13.2 Å². The van der Waals surface area contributed by atoms with Gasteiger partial charge in [0.15, 0.2) is 9.84 Å². The highest BCUT2D eigenvalue weighted by molar-refractivity contribution is 7.91. The average molecular weight is 296 g/mol. The van der Waals surface area contributed by atoms with E-state index in [2.05, 4.69) is 5.32 Å². The number of nitrogens with zero attached hydrogens (tertiary/aromatic N) is 1. The van der Waals surface area contributed by atoms with Crippen LogP contribution in [-0.4, -0.2) is 72.6 Å². The lowest BCUT2D eigenvalue weighted by atomic mass is 10.5. The van der Waals surface area contributed by atoms with Crippen molar-refractivity contribution in [2.24, 2.45) is 0 Å². The summed E-state index contributed by atoms with van der Waals surface area (Å²) < 4.78 is 22.3. The summed E-state index contributed by atoms with van der Waals surface area (Å²) in [6.07, 6.45) is 0. The molecule has 0 fully saturated rings. The molecule has 0 aliphatic heterocycles. The van der Waals surface area contributed by atoms with Gasteiger partial charge in [-0.1, -0.05) is 6.92 Å². The zero-order valence-corrected chi connectivity index (χ0v) is 11.1. The molecular formula is C9H16N2O7S. The molecule has 0 aliphatic carbocycles. The van der Waals surface area contributed by atoms with Crippen molar-refractivity contribution in [1.82, 2.24) is 10.2 Å². The van der Waals surface area contributed by atoms with Crippen molar-refractivity contribution in [1.29, 1.82) is 0 Å². The summed E-state index contributed by atoms with van der Waals surface area (Å²) in [5, 5.41) is 19.2. The molecule has 0 atom stereocenters. The fourth-order valence-corrected chi connectivity index (χ4v) is 1.80. The van der Waals surface area contributed by atoms with Crippen LogP contribution in [0.25, 0.3) is 0 Å². The number of aliphatic carboxylic acids is 2. The van der Waals surface area contributed by atoms with Crippen LogP contribution >= 0.6 is 0 Å². The van der Waals surface area contributed by atoms with Crippen molar-refractivity contribution < 1.29 is 33.0 Å². The standard InChI is InChI=1S/C9H16N2O7S/c1-2-19(17,18)4-3-10-9(16)11(5-7(12)13)6-8(14)15/h2-6H2,1H3,(H,10,16)(H,12,13)(H,14,15). The zero-order chi connectivity index (χ0) is 15.1. The number of carbonyl (C=O) groups excluding carboxylic acids is 1. The van der Waals surface area contributed by atoms with Crippen LogP contribution in [0.4, 0.5) is 4.79 Å². The molecule has 19 heavy (non-hydrogen) atoms. The lowest BCUT2D eigenvalue weighted by Gasteiger charge is -2.18. The maximum atomic E-state index is 11.5. The van der Waals surface area contributed by atoms with Crippen molar-refractivity contribution >= 4 is 27.8 Å². The molecular weight excluding hydrogens is 280 g/mol. The molecule has 0 radical (unpaired) electrons. The Morgan fingerprint density at radius 2 is 1.58 bits per heavy atom. The third-order valence-electron chi connectivity index (χ3n) is 2.07. The summed E-state index contributed by atoms with van der Waals surface area (Å²) in [6.45, 7) is -0.305. The number of nitrogens with one attached hydrogen (secondary N) is 1. The number of carboxylic acid groups (broad SMARTS) is 2. The molecule has 3 N–H and O–H groups in total. The monoisotopic (exact) mass is 296 g/mol. The second-order valence-corrected chi connectivity index (χ2v) is 6.08. The number of hydrogen-bond acceptors (Lipinski definition) is 5. The maximum Gasteiger partial charge on any atom is 0.323 e. The molecule has 0 rings (SSSR count). The van der Waals surface area contributed by atoms with Gasteiger partial charge in [0.1, 0.15) is 13.1 Å². The number of carbonyl (C=O) groups is 3. The van der Waals surface area contributed by atoms with E-state index in [1.165, 1.54) is 6.92 Å². The summed E-state index contributed by atoms with van der Waals surface area (Å²) in [5.74, 6) is -3.09. The van der Waals surface area contributed by atoms with E-state index >= 15 is 0 Å². The Kier molecular flexibility index (Phi) is 6.83. The molecule has 9 nitrogen and oxygen atoms in total. The van der Waals surface area contributed by atoms with E-state index in [9.17, 15) is 22.8 Å². The fraction of sp³-hybridized carbons (Fsp3) is 0.667. The summed E-state index contributed by atoms with van der Waals surface area (Å²) in [4.78, 5) is 33.0. The first-order valence-electron chi connectivity index (χ1n) is 5.34. The predicted octanol–water partition coefficient (Wildman–Crippen LogP) is -1.40. The molecule has 0 aromatic carbocycles. The van der Waals surface area contributed by atoms with Crippen LogP contribution in [0.5, 0.6) is 0 Å². The van der Waals surface area contributed by atoms with Gasteiger partial charge < -0.3 is 20.4 Å². The van der Waals surface area contributed by atoms with Crippen LogP contribution in [0.1, 0.15) is 6.92 Å². The van der Waals surface area contributed by atoms with Crippen LogP contribution in [0.15, 0.2) is 0 Å². The minimum absolute atomic E-state index is 0.0726. The molecule has 0 bridgehead atoms. The van der Waals surface area contributed by atoms with Crippen molar-refractivity contribution in [3.8, 4) is 0 Å². The molecule has 10 heteroatoms. The van der Waals surface area contributed by atoms with Gasteiger partial charge in [-0.15, -0.1) is 0 Å². The van der Waals surface area contributed by atoms with Crippen LogP contribution in [-0.2, 0) is 19.4 Å². The first-order valence-corrected chi connectivity index (χ1v) is 7.17. The smallest absolute Gasteiger partial charge is 0.323 e. The molecule has 0 heterocycles. The van der Waals surface area contributed by atoms with E-state index in [0.717, 1.165) is 0 Å². The number of sulfone groups is 1. The van der Waals surface area contributed by atoms with Crippen LogP contribution in [0.3, 0.4) is 0 Å². The van der Waals surface area contributed by atoms with Gasteiger partial charge in [0.05, 0.1) is 5.75 Å². The molecule has 2 amide bonds. The SMILES string of the molecule is CCS(=O)(=O)CCNC(=O)N(CC(=O)O)CC(=O)O. The first-order chi connectivity index (χ1) is 8.68. The van der Waals surface area contributed by atoms with Gasteiger partial charge >= 0.3 is 18.0 Å². The van der Waals surface area contributed by atoms with Gasteiger partial charge in [0.2, 0.25) is 0 Å². The number of amides is 2. The highest BCUT2D eigenvalue weighted by Gasteiger charge is 2.19. The van der Waals surface area contributed by atoms with E-state index in [4.69, 9.17) is 10.2 Å². The number of rotatable bonds is 8. The van der Waals surface area contributed by atoms with Crippen molar-refractivity contribution in [3.05, 3.63) is 0 Å². The zero-order valence-electron chi connectivity index (χ0n) is 10.3. The molecule has 0 saturated carbocycles. The molecule has 0 aromatic rings. The number of hydrogen-bond donors (Lipinski definition) is 3. The lowest BCUT2D eigenvalue weighted by Crippen LogP contribution is -2.46. The van der Waals surface area contributed by atoms with Gasteiger partial charge in [0, 0.05) is 12.3 Å². The van der Waals surface area contributed by atoms with E-state index in [1.54, 1.807) is 0 Å². The van der Waals surface area contributed by atoms with E-state index in [1.807, 2.05) is 0 Å². The second-order valence-electron chi connectivity index (χ2n) is 3.61. The summed E-state index contributed by atoms with van der Waals surface area (Å²) in [7, 11) is -3.25. The Bertz CT molecular complexity index is 429. The Labute approximate surface area is 110 Å². The third kappa shape index (κ3) is 7.97. The van der Waals surface area contributed by atoms with Crippen LogP contribution in [0, 0.1) is 0 Å². The third-order valence-corrected chi connectivity index (χ3v) is 3.77. The number of urea groups is 1. The minimum atomic E-state index is -3.25. The van der Waals surface area contributed by atoms with E-state index < -0.39 is 40.9 Å². The molecule has 0 spiro atoms. The Morgan fingerprint density at radius 1 is 1.11 bits per heavy atom. The minimum Gasteiger partial charge on any atom is -0.480 e. The molecule has 0 unspecified atom stereocenters. The maximum absolute atomic E-state index is 11.5. The quantitative estimate of drug-likeness (QED) is 0.500. The van der Waals surface area contributed by atoms with Gasteiger partial charge in [0.25, 0.3) is 0 Å². The second kappa shape index (κ2) is 7.56. The van der Waals surface area contributed by atoms with Crippen molar-refractivity contribution in [2.75, 3.05) is 31.1 Å². The van der Waals surface area contributed by atoms with Crippen LogP contribution < -0.4 is 5.32 Å². The van der Waals surface area contributed by atoms with Gasteiger partial charge in [-0.2, -0.15) is 0 Å². The molecule has 0 aliphatic rings. The highest BCUT2D eigenvalue weighted by atomic mass is 32.2. The van der Waals surface area contributed by atoms with Gasteiger partial charge in [-0.3, -0.25) is 9.59 Å². The van der Waals surface area contributed by atoms with Crippen LogP contribution in [0.2, 0.25) is 0 Å². The molecule has 110 valence electrons. The highest BCUT2D eigenvalue weighted by Crippen LogP contribution is 1.92. The molecule has 0 aromatic heterocycles. The van der Waals surface area contributed by atoms with Gasteiger partial charge in [-0.05, 0) is 0 Å². The fourth-order valence-electron chi connectivity index (χ4n) is 1.10. The van der Waals surface area contributed by atoms with E-state index in [-0.39, 0.29) is 18.1 Å². The van der Waals surface area contributed by atoms with Crippen molar-refractivity contribution in [3.63, 3.8) is 0 Å². The van der Waals surface area contributed by atoms with Crippen molar-refractivity contribution in [2.45, 2.75) is 6.92 Å². The largest absolute Gasteiger partial charge is 0.480 e.